The molecule has 0 aliphatic carbocycles. The van der Waals surface area contributed by atoms with E-state index >= 15 is 0 Å². The third kappa shape index (κ3) is 4.61. The lowest BCUT2D eigenvalue weighted by molar-refractivity contribution is 0.103. The van der Waals surface area contributed by atoms with Crippen LogP contribution in [0.3, 0.4) is 0 Å². The molecule has 1 amide bonds. The summed E-state index contributed by atoms with van der Waals surface area (Å²) >= 11 is 1.48. The van der Waals surface area contributed by atoms with Crippen LogP contribution < -0.4 is 16.4 Å². The lowest BCUT2D eigenvalue weighted by atomic mass is 10.1. The number of rotatable bonds is 5. The minimum atomic E-state index is -0.0842. The number of amides is 1. The standard InChI is InChI=1S/C15H18N4OS/c1-10-2-7-13(21-10)14(20)19-12-5-3-11(4-6-12)8-9-18-15(16)17/h2-7H,8-9H2,1H3,(H,19,20)(H4,16,17,18). The topological polar surface area (TPSA) is 91.0 Å². The highest BCUT2D eigenvalue weighted by atomic mass is 32.1. The van der Waals surface area contributed by atoms with E-state index < -0.39 is 0 Å². The number of nitrogens with one attached hydrogen (secondary N) is 3. The van der Waals surface area contributed by atoms with Crippen LogP contribution in [0.25, 0.3) is 0 Å². The van der Waals surface area contributed by atoms with Crippen LogP contribution in [0, 0.1) is 12.3 Å². The minimum Gasteiger partial charge on any atom is -0.370 e. The second kappa shape index (κ2) is 6.90. The zero-order valence-corrected chi connectivity index (χ0v) is 12.6. The predicted molar refractivity (Wildman–Crippen MR) is 87.1 cm³/mol. The fourth-order valence-corrected chi connectivity index (χ4v) is 2.61. The van der Waals surface area contributed by atoms with Crippen molar-refractivity contribution in [1.82, 2.24) is 5.32 Å². The third-order valence-electron chi connectivity index (χ3n) is 2.91. The summed E-state index contributed by atoms with van der Waals surface area (Å²) in [4.78, 5) is 13.8. The van der Waals surface area contributed by atoms with E-state index in [9.17, 15) is 4.79 Å². The molecule has 2 rings (SSSR count). The van der Waals surface area contributed by atoms with Gasteiger partial charge in [-0.15, -0.1) is 11.3 Å². The summed E-state index contributed by atoms with van der Waals surface area (Å²) in [5, 5.41) is 12.7. The molecule has 5 nitrogen and oxygen atoms in total. The summed E-state index contributed by atoms with van der Waals surface area (Å²) in [6.45, 7) is 2.60. The zero-order valence-electron chi connectivity index (χ0n) is 11.8. The van der Waals surface area contributed by atoms with Crippen LogP contribution in [-0.2, 0) is 6.42 Å². The fourth-order valence-electron chi connectivity index (χ4n) is 1.85. The SMILES string of the molecule is Cc1ccc(C(=O)Nc2ccc(CCNC(=N)N)cc2)s1. The van der Waals surface area contributed by atoms with E-state index in [-0.39, 0.29) is 11.9 Å². The lowest BCUT2D eigenvalue weighted by Gasteiger charge is -2.06. The molecule has 0 radical (unpaired) electrons. The molecular weight excluding hydrogens is 284 g/mol. The van der Waals surface area contributed by atoms with Gasteiger partial charge in [-0.25, -0.2) is 0 Å². The molecule has 1 aromatic heterocycles. The second-order valence-corrected chi connectivity index (χ2v) is 5.94. The largest absolute Gasteiger partial charge is 0.370 e. The quantitative estimate of drug-likeness (QED) is 0.504. The molecule has 0 spiro atoms. The van der Waals surface area contributed by atoms with Gasteiger partial charge in [0.25, 0.3) is 5.91 Å². The van der Waals surface area contributed by atoms with Gasteiger partial charge in [-0.3, -0.25) is 10.2 Å². The molecule has 1 aromatic carbocycles. The Kier molecular flexibility index (Phi) is 4.94. The Morgan fingerprint density at radius 1 is 1.24 bits per heavy atom. The van der Waals surface area contributed by atoms with Crippen LogP contribution >= 0.6 is 11.3 Å². The highest BCUT2D eigenvalue weighted by Gasteiger charge is 2.08. The van der Waals surface area contributed by atoms with Crippen molar-refractivity contribution in [2.75, 3.05) is 11.9 Å². The highest BCUT2D eigenvalue weighted by molar-refractivity contribution is 7.14. The Morgan fingerprint density at radius 3 is 2.52 bits per heavy atom. The van der Waals surface area contributed by atoms with Gasteiger partial charge in [-0.05, 0) is 43.2 Å². The molecule has 0 fully saturated rings. The van der Waals surface area contributed by atoms with E-state index in [1.165, 1.54) is 11.3 Å². The zero-order chi connectivity index (χ0) is 15.2. The first kappa shape index (κ1) is 15.1. The van der Waals surface area contributed by atoms with Crippen LogP contribution in [0.2, 0.25) is 0 Å². The fraction of sp³-hybridized carbons (Fsp3) is 0.200. The van der Waals surface area contributed by atoms with Crippen molar-refractivity contribution in [3.63, 3.8) is 0 Å². The summed E-state index contributed by atoms with van der Waals surface area (Å²) in [6.07, 6.45) is 0.776. The van der Waals surface area contributed by atoms with E-state index in [0.717, 1.165) is 22.5 Å². The number of guanidine groups is 1. The first-order chi connectivity index (χ1) is 10.0. The molecule has 0 unspecified atom stereocenters. The average Bonchev–Trinajstić information content (AvgIpc) is 2.87. The number of anilines is 1. The molecule has 0 saturated heterocycles. The first-order valence-electron chi connectivity index (χ1n) is 6.59. The van der Waals surface area contributed by atoms with Gasteiger partial charge in [0.1, 0.15) is 0 Å². The summed E-state index contributed by atoms with van der Waals surface area (Å²) in [5.74, 6) is -0.107. The number of thiophene rings is 1. The second-order valence-electron chi connectivity index (χ2n) is 4.65. The lowest BCUT2D eigenvalue weighted by Crippen LogP contribution is -2.31. The maximum absolute atomic E-state index is 12.0. The summed E-state index contributed by atoms with van der Waals surface area (Å²) < 4.78 is 0. The van der Waals surface area contributed by atoms with Gasteiger partial charge in [0.05, 0.1) is 4.88 Å². The van der Waals surface area contributed by atoms with Crippen LogP contribution in [0.4, 0.5) is 5.69 Å². The monoisotopic (exact) mass is 302 g/mol. The number of carbonyl (C=O) groups excluding carboxylic acids is 1. The summed E-state index contributed by atoms with van der Waals surface area (Å²) in [5.41, 5.74) is 7.11. The number of carbonyl (C=O) groups is 1. The molecule has 1 heterocycles. The minimum absolute atomic E-state index is 0.0230. The number of nitrogens with two attached hydrogens (primary N) is 1. The highest BCUT2D eigenvalue weighted by Crippen LogP contribution is 2.17. The van der Waals surface area contributed by atoms with Gasteiger partial charge in [0, 0.05) is 17.1 Å². The van der Waals surface area contributed by atoms with Crippen LogP contribution in [-0.4, -0.2) is 18.4 Å². The van der Waals surface area contributed by atoms with Crippen molar-refractivity contribution >= 4 is 28.9 Å². The van der Waals surface area contributed by atoms with Gasteiger partial charge in [0.15, 0.2) is 5.96 Å². The normalized spacial score (nSPS) is 10.1. The summed E-state index contributed by atoms with van der Waals surface area (Å²) in [7, 11) is 0. The molecule has 110 valence electrons. The molecule has 0 saturated carbocycles. The van der Waals surface area contributed by atoms with Gasteiger partial charge in [0.2, 0.25) is 0 Å². The van der Waals surface area contributed by atoms with Crippen LogP contribution in [0.15, 0.2) is 36.4 Å². The van der Waals surface area contributed by atoms with Gasteiger partial charge in [-0.1, -0.05) is 12.1 Å². The van der Waals surface area contributed by atoms with E-state index in [4.69, 9.17) is 11.1 Å². The van der Waals surface area contributed by atoms with Crippen LogP contribution in [0.1, 0.15) is 20.1 Å². The number of benzene rings is 1. The molecular formula is C15H18N4OS. The van der Waals surface area contributed by atoms with Gasteiger partial charge in [-0.2, -0.15) is 0 Å². The van der Waals surface area contributed by atoms with Crippen molar-refractivity contribution in [2.24, 2.45) is 5.73 Å². The van der Waals surface area contributed by atoms with Gasteiger partial charge < -0.3 is 16.4 Å². The number of hydrogen-bond donors (Lipinski definition) is 4. The maximum Gasteiger partial charge on any atom is 0.265 e. The van der Waals surface area contributed by atoms with E-state index in [1.54, 1.807) is 0 Å². The number of hydrogen-bond acceptors (Lipinski definition) is 3. The van der Waals surface area contributed by atoms with Crippen molar-refractivity contribution in [2.45, 2.75) is 13.3 Å². The molecule has 0 aliphatic heterocycles. The van der Waals surface area contributed by atoms with E-state index in [1.807, 2.05) is 43.3 Å². The number of aryl methyl sites for hydroxylation is 1. The molecule has 2 aromatic rings. The third-order valence-corrected chi connectivity index (χ3v) is 3.90. The van der Waals surface area contributed by atoms with E-state index in [2.05, 4.69) is 10.6 Å². The predicted octanol–water partition coefficient (Wildman–Crippen LogP) is 2.33. The molecule has 5 N–H and O–H groups in total. The Hall–Kier alpha value is -2.34. The molecule has 6 heteroatoms. The van der Waals surface area contributed by atoms with Crippen LogP contribution in [0.5, 0.6) is 0 Å². The Bertz CT molecular complexity index is 633. The smallest absolute Gasteiger partial charge is 0.265 e. The molecule has 0 atom stereocenters. The summed E-state index contributed by atoms with van der Waals surface area (Å²) in [6, 6.07) is 11.4. The van der Waals surface area contributed by atoms with Crippen molar-refractivity contribution in [3.05, 3.63) is 51.7 Å². The Labute approximate surface area is 127 Å². The van der Waals surface area contributed by atoms with Crippen molar-refractivity contribution in [3.8, 4) is 0 Å². The molecule has 0 aliphatic rings. The van der Waals surface area contributed by atoms with Crippen molar-refractivity contribution in [1.29, 1.82) is 5.41 Å². The molecule has 21 heavy (non-hydrogen) atoms. The Morgan fingerprint density at radius 2 is 1.95 bits per heavy atom. The molecule has 0 bridgehead atoms. The van der Waals surface area contributed by atoms with Crippen molar-refractivity contribution < 1.29 is 4.79 Å². The first-order valence-corrected chi connectivity index (χ1v) is 7.41. The van der Waals surface area contributed by atoms with E-state index in [0.29, 0.717) is 11.4 Å². The maximum atomic E-state index is 12.0. The average molecular weight is 302 g/mol. The Balaban J connectivity index is 1.90. The van der Waals surface area contributed by atoms with Gasteiger partial charge >= 0.3 is 0 Å².